The number of tetrazole rings is 1. The van der Waals surface area contributed by atoms with E-state index < -0.39 is 6.04 Å². The number of piperidine rings is 1. The summed E-state index contributed by atoms with van der Waals surface area (Å²) >= 11 is 0. The van der Waals surface area contributed by atoms with Gasteiger partial charge < -0.3 is 27.0 Å². The van der Waals surface area contributed by atoms with Crippen LogP contribution in [0, 0.1) is 17.8 Å². The van der Waals surface area contributed by atoms with Gasteiger partial charge in [-0.2, -0.15) is 5.21 Å². The number of para-hydroxylation sites is 1. The Morgan fingerprint density at radius 3 is 2.17 bits per heavy atom. The second kappa shape index (κ2) is 15.8. The van der Waals surface area contributed by atoms with Crippen molar-refractivity contribution in [2.24, 2.45) is 23.5 Å². The predicted octanol–water partition coefficient (Wildman–Crippen LogP) is 3.90. The molecule has 7 N–H and O–H groups in total. The molecule has 2 heterocycles. The Hall–Kier alpha value is -4.94. The number of aromatic nitrogens is 4. The lowest BCUT2D eigenvalue weighted by Gasteiger charge is -2.28. The van der Waals surface area contributed by atoms with Crippen molar-refractivity contribution < 1.29 is 14.4 Å². The summed E-state index contributed by atoms with van der Waals surface area (Å²) in [6.45, 7) is 2.34. The van der Waals surface area contributed by atoms with E-state index in [-0.39, 0.29) is 29.6 Å². The average Bonchev–Trinajstić information content (AvgIpc) is 3.68. The molecule has 3 amide bonds. The molecule has 48 heavy (non-hydrogen) atoms. The van der Waals surface area contributed by atoms with Crippen molar-refractivity contribution in [1.82, 2.24) is 31.3 Å². The molecule has 1 aromatic heterocycles. The monoisotopic (exact) mass is 649 g/mol. The van der Waals surface area contributed by atoms with E-state index in [0.29, 0.717) is 30.4 Å². The fourth-order valence-electron chi connectivity index (χ4n) is 6.59. The Kier molecular flexibility index (Phi) is 10.8. The molecule has 3 aromatic carbocycles. The minimum Gasteiger partial charge on any atom is -0.344 e. The van der Waals surface area contributed by atoms with Gasteiger partial charge in [-0.15, -0.1) is 10.2 Å². The number of nitrogens with two attached hydrogens (primary N) is 1. The normalized spacial score (nSPS) is 18.9. The lowest BCUT2D eigenvalue weighted by Crippen LogP contribution is -2.48. The molecule has 1 saturated heterocycles. The van der Waals surface area contributed by atoms with Gasteiger partial charge in [0.25, 0.3) is 0 Å². The molecule has 12 heteroatoms. The fraction of sp³-hybridized carbons (Fsp3) is 0.389. The van der Waals surface area contributed by atoms with Gasteiger partial charge in [0.1, 0.15) is 6.04 Å². The van der Waals surface area contributed by atoms with Crippen molar-refractivity contribution in [3.63, 3.8) is 0 Å². The van der Waals surface area contributed by atoms with Crippen LogP contribution in [-0.4, -0.2) is 64.0 Å². The first kappa shape index (κ1) is 33.0. The zero-order valence-corrected chi connectivity index (χ0v) is 27.0. The number of hydrogen-bond acceptors (Lipinski definition) is 8. The third-order valence-electron chi connectivity index (χ3n) is 9.54. The highest BCUT2D eigenvalue weighted by molar-refractivity contribution is 5.98. The molecule has 1 aliphatic carbocycles. The predicted molar refractivity (Wildman–Crippen MR) is 184 cm³/mol. The standard InChI is InChI=1S/C36H43N9O3/c37-22-24-7-11-27(12-8-24)34(46)41-32(36(48)39-29-15-13-26(14-16-29)33-42-44-45-43-33)21-23-5-9-25(10-6-23)30-3-1-2-4-31(30)40-35(47)28-17-19-38-20-18-28/h1-6,9-10,13-16,24,27-28,32,38H,7-8,11-12,17-22,37H2,(H,39,48)(H,40,47)(H,41,46)(H,42,43,44,45)/t24?,27?,32-/m0/s1. The number of H-pyrrole nitrogens is 1. The second-order valence-corrected chi connectivity index (χ2v) is 12.8. The largest absolute Gasteiger partial charge is 0.344 e. The molecule has 0 radical (unpaired) electrons. The van der Waals surface area contributed by atoms with Crippen LogP contribution in [0.5, 0.6) is 0 Å². The van der Waals surface area contributed by atoms with E-state index in [4.69, 9.17) is 5.73 Å². The van der Waals surface area contributed by atoms with Crippen LogP contribution in [0.4, 0.5) is 11.4 Å². The zero-order valence-electron chi connectivity index (χ0n) is 27.0. The van der Waals surface area contributed by atoms with Gasteiger partial charge in [-0.1, -0.05) is 42.5 Å². The quantitative estimate of drug-likeness (QED) is 0.142. The maximum absolute atomic E-state index is 13.7. The highest BCUT2D eigenvalue weighted by Crippen LogP contribution is 2.30. The molecule has 4 aromatic rings. The lowest BCUT2D eigenvalue weighted by molar-refractivity contribution is -0.130. The van der Waals surface area contributed by atoms with Crippen LogP contribution in [0.3, 0.4) is 0 Å². The fourth-order valence-corrected chi connectivity index (χ4v) is 6.59. The van der Waals surface area contributed by atoms with Crippen LogP contribution in [-0.2, 0) is 20.8 Å². The molecule has 0 spiro atoms. The van der Waals surface area contributed by atoms with E-state index in [0.717, 1.165) is 79.6 Å². The van der Waals surface area contributed by atoms with E-state index in [2.05, 4.69) is 41.9 Å². The Morgan fingerprint density at radius 1 is 0.792 bits per heavy atom. The van der Waals surface area contributed by atoms with E-state index in [9.17, 15) is 14.4 Å². The van der Waals surface area contributed by atoms with Gasteiger partial charge in [-0.05, 0) is 111 Å². The van der Waals surface area contributed by atoms with Gasteiger partial charge in [0.05, 0.1) is 0 Å². The summed E-state index contributed by atoms with van der Waals surface area (Å²) < 4.78 is 0. The minimum atomic E-state index is -0.788. The van der Waals surface area contributed by atoms with Gasteiger partial charge >= 0.3 is 0 Å². The Bertz CT molecular complexity index is 1660. The molecule has 0 unspecified atom stereocenters. The van der Waals surface area contributed by atoms with Crippen LogP contribution in [0.15, 0.2) is 72.8 Å². The molecule has 1 atom stereocenters. The Labute approximate surface area is 280 Å². The maximum atomic E-state index is 13.7. The number of hydrogen-bond donors (Lipinski definition) is 6. The van der Waals surface area contributed by atoms with E-state index in [1.807, 2.05) is 48.5 Å². The average molecular weight is 650 g/mol. The number of nitrogens with one attached hydrogen (secondary N) is 5. The molecule has 250 valence electrons. The smallest absolute Gasteiger partial charge is 0.247 e. The summed E-state index contributed by atoms with van der Waals surface area (Å²) in [5, 5.41) is 26.5. The molecule has 0 bridgehead atoms. The second-order valence-electron chi connectivity index (χ2n) is 12.8. The number of benzene rings is 3. The lowest BCUT2D eigenvalue weighted by atomic mass is 9.81. The van der Waals surface area contributed by atoms with Crippen LogP contribution in [0.1, 0.15) is 44.1 Å². The number of anilines is 2. The number of carbonyl (C=O) groups excluding carboxylic acids is 3. The van der Waals surface area contributed by atoms with Crippen molar-refractivity contribution in [3.05, 3.63) is 78.4 Å². The van der Waals surface area contributed by atoms with Crippen molar-refractivity contribution in [1.29, 1.82) is 0 Å². The summed E-state index contributed by atoms with van der Waals surface area (Å²) in [5.74, 6) is 0.402. The summed E-state index contributed by atoms with van der Waals surface area (Å²) in [4.78, 5) is 40.1. The van der Waals surface area contributed by atoms with Gasteiger partial charge in [-0.3, -0.25) is 14.4 Å². The Morgan fingerprint density at radius 2 is 1.48 bits per heavy atom. The van der Waals surface area contributed by atoms with E-state index >= 15 is 0 Å². The number of rotatable bonds is 11. The number of amides is 3. The SMILES string of the molecule is NCC1CCC(C(=O)N[C@@H](Cc2ccc(-c3ccccc3NC(=O)C3CCNCC3)cc2)C(=O)Nc2ccc(-c3nn[nH]n3)cc2)CC1. The van der Waals surface area contributed by atoms with E-state index in [1.54, 1.807) is 24.3 Å². The summed E-state index contributed by atoms with van der Waals surface area (Å²) in [5.41, 5.74) is 10.8. The summed E-state index contributed by atoms with van der Waals surface area (Å²) in [7, 11) is 0. The number of nitrogens with zero attached hydrogens (tertiary/aromatic N) is 3. The maximum Gasteiger partial charge on any atom is 0.247 e. The Balaban J connectivity index is 1.16. The topological polar surface area (TPSA) is 180 Å². The number of aromatic amines is 1. The first-order valence-corrected chi connectivity index (χ1v) is 16.8. The summed E-state index contributed by atoms with van der Waals surface area (Å²) in [6, 6.07) is 22.1. The number of carbonyl (C=O) groups is 3. The highest BCUT2D eigenvalue weighted by atomic mass is 16.2. The van der Waals surface area contributed by atoms with Gasteiger partial charge in [0.15, 0.2) is 0 Å². The van der Waals surface area contributed by atoms with Crippen LogP contribution in [0.2, 0.25) is 0 Å². The molecule has 2 fully saturated rings. The van der Waals surface area contributed by atoms with Crippen LogP contribution < -0.4 is 27.0 Å². The van der Waals surface area contributed by atoms with Crippen molar-refractivity contribution >= 4 is 29.1 Å². The third-order valence-corrected chi connectivity index (χ3v) is 9.54. The molecule has 2 aliphatic rings. The first-order valence-electron chi connectivity index (χ1n) is 16.8. The molecular formula is C36H43N9O3. The summed E-state index contributed by atoms with van der Waals surface area (Å²) in [6.07, 6.45) is 5.33. The van der Waals surface area contributed by atoms with Crippen LogP contribution >= 0.6 is 0 Å². The molecule has 1 aliphatic heterocycles. The third kappa shape index (κ3) is 8.31. The van der Waals surface area contributed by atoms with E-state index in [1.165, 1.54) is 0 Å². The first-order chi connectivity index (χ1) is 23.5. The van der Waals surface area contributed by atoms with Crippen molar-refractivity contribution in [2.45, 2.75) is 51.0 Å². The minimum absolute atomic E-state index is 0.000861. The zero-order chi connectivity index (χ0) is 33.3. The van der Waals surface area contributed by atoms with Crippen molar-refractivity contribution in [3.8, 4) is 22.5 Å². The van der Waals surface area contributed by atoms with Gasteiger partial charge in [0.2, 0.25) is 23.5 Å². The molecule has 6 rings (SSSR count). The molecule has 12 nitrogen and oxygen atoms in total. The van der Waals surface area contributed by atoms with Gasteiger partial charge in [0, 0.05) is 40.8 Å². The molecular weight excluding hydrogens is 606 g/mol. The van der Waals surface area contributed by atoms with Crippen molar-refractivity contribution in [2.75, 3.05) is 30.3 Å². The molecule has 1 saturated carbocycles. The highest BCUT2D eigenvalue weighted by Gasteiger charge is 2.29. The van der Waals surface area contributed by atoms with Gasteiger partial charge in [-0.25, -0.2) is 0 Å². The van der Waals surface area contributed by atoms with Crippen LogP contribution in [0.25, 0.3) is 22.5 Å².